The van der Waals surface area contributed by atoms with E-state index in [9.17, 15) is 9.90 Å². The number of oxime groups is 1. The summed E-state index contributed by atoms with van der Waals surface area (Å²) in [5.41, 5.74) is 7.07. The van der Waals surface area contributed by atoms with Crippen LogP contribution in [0, 0.1) is 0 Å². The Morgan fingerprint density at radius 2 is 1.81 bits per heavy atom. The SMILES string of the molecule is CN(C(=O)c1cccc(O)c1)c1ccc(C(N)=NO)cc1. The fraction of sp³-hybridized carbons (Fsp3) is 0.0667. The molecule has 0 fully saturated rings. The molecule has 0 aromatic heterocycles. The average Bonchev–Trinajstić information content (AvgIpc) is 2.53. The topological polar surface area (TPSA) is 99.2 Å². The van der Waals surface area contributed by atoms with Crippen LogP contribution < -0.4 is 10.6 Å². The summed E-state index contributed by atoms with van der Waals surface area (Å²) in [7, 11) is 1.63. The van der Waals surface area contributed by atoms with Gasteiger partial charge in [0, 0.05) is 23.9 Å². The maximum Gasteiger partial charge on any atom is 0.258 e. The van der Waals surface area contributed by atoms with Gasteiger partial charge in [-0.25, -0.2) is 0 Å². The second-order valence-corrected chi connectivity index (χ2v) is 4.45. The third-order valence-corrected chi connectivity index (χ3v) is 3.06. The minimum Gasteiger partial charge on any atom is -0.508 e. The molecule has 0 atom stereocenters. The Morgan fingerprint density at radius 3 is 2.38 bits per heavy atom. The van der Waals surface area contributed by atoms with Crippen molar-refractivity contribution in [3.05, 3.63) is 59.7 Å². The molecular weight excluding hydrogens is 270 g/mol. The number of nitrogens with zero attached hydrogens (tertiary/aromatic N) is 2. The first-order chi connectivity index (χ1) is 10.0. The predicted molar refractivity (Wildman–Crippen MR) is 79.8 cm³/mol. The zero-order valence-corrected chi connectivity index (χ0v) is 11.4. The van der Waals surface area contributed by atoms with Gasteiger partial charge in [0.1, 0.15) is 5.75 Å². The number of benzene rings is 2. The largest absolute Gasteiger partial charge is 0.508 e. The van der Waals surface area contributed by atoms with Gasteiger partial charge in [-0.3, -0.25) is 4.79 Å². The molecule has 6 nitrogen and oxygen atoms in total. The smallest absolute Gasteiger partial charge is 0.258 e. The van der Waals surface area contributed by atoms with Crippen molar-refractivity contribution in [1.29, 1.82) is 0 Å². The number of phenolic OH excluding ortho intramolecular Hbond substituents is 1. The molecule has 4 N–H and O–H groups in total. The fourth-order valence-corrected chi connectivity index (χ4v) is 1.86. The van der Waals surface area contributed by atoms with Crippen LogP contribution >= 0.6 is 0 Å². The van der Waals surface area contributed by atoms with Gasteiger partial charge < -0.3 is 20.9 Å². The molecule has 21 heavy (non-hydrogen) atoms. The minimum atomic E-state index is -0.248. The maximum atomic E-state index is 12.3. The van der Waals surface area contributed by atoms with E-state index >= 15 is 0 Å². The van der Waals surface area contributed by atoms with E-state index < -0.39 is 0 Å². The number of phenols is 1. The Kier molecular flexibility index (Phi) is 4.08. The lowest BCUT2D eigenvalue weighted by atomic mass is 10.1. The van der Waals surface area contributed by atoms with Crippen LogP contribution in [0.1, 0.15) is 15.9 Å². The summed E-state index contributed by atoms with van der Waals surface area (Å²) in [4.78, 5) is 13.7. The maximum absolute atomic E-state index is 12.3. The highest BCUT2D eigenvalue weighted by atomic mass is 16.4. The van der Waals surface area contributed by atoms with Gasteiger partial charge in [0.25, 0.3) is 5.91 Å². The third-order valence-electron chi connectivity index (χ3n) is 3.06. The van der Waals surface area contributed by atoms with Crippen molar-refractivity contribution in [2.24, 2.45) is 10.9 Å². The molecule has 2 aromatic rings. The summed E-state index contributed by atoms with van der Waals surface area (Å²) in [6.07, 6.45) is 0. The summed E-state index contributed by atoms with van der Waals surface area (Å²) < 4.78 is 0. The predicted octanol–water partition coefficient (Wildman–Crippen LogP) is 1.76. The number of carbonyl (C=O) groups is 1. The van der Waals surface area contributed by atoms with Crippen LogP contribution in [0.3, 0.4) is 0 Å². The van der Waals surface area contributed by atoms with E-state index in [0.29, 0.717) is 16.8 Å². The Labute approximate surface area is 121 Å². The van der Waals surface area contributed by atoms with Gasteiger partial charge in [-0.2, -0.15) is 0 Å². The van der Waals surface area contributed by atoms with Crippen molar-refractivity contribution in [2.45, 2.75) is 0 Å². The van der Waals surface area contributed by atoms with Crippen LogP contribution in [0.25, 0.3) is 0 Å². The molecule has 0 saturated carbocycles. The summed E-state index contributed by atoms with van der Waals surface area (Å²) in [6.45, 7) is 0. The van der Waals surface area contributed by atoms with Crippen LogP contribution in [0.15, 0.2) is 53.7 Å². The second kappa shape index (κ2) is 5.96. The molecule has 2 rings (SSSR count). The van der Waals surface area contributed by atoms with E-state index in [0.717, 1.165) is 0 Å². The number of rotatable bonds is 3. The molecule has 0 saturated heterocycles. The zero-order valence-electron chi connectivity index (χ0n) is 11.4. The Morgan fingerprint density at radius 1 is 1.14 bits per heavy atom. The zero-order chi connectivity index (χ0) is 15.4. The Bertz CT molecular complexity index is 681. The molecular formula is C15H15N3O3. The number of aromatic hydroxyl groups is 1. The van der Waals surface area contributed by atoms with Crippen LogP contribution in [0.5, 0.6) is 5.75 Å². The standard InChI is InChI=1S/C15H15N3O3/c1-18(15(20)11-3-2-4-13(19)9-11)12-7-5-10(6-8-12)14(16)17-21/h2-9,19,21H,1H3,(H2,16,17). The molecule has 0 unspecified atom stereocenters. The molecule has 6 heteroatoms. The van der Waals surface area contributed by atoms with Crippen molar-refractivity contribution >= 4 is 17.4 Å². The second-order valence-electron chi connectivity index (χ2n) is 4.45. The van der Waals surface area contributed by atoms with Crippen molar-refractivity contribution < 1.29 is 15.1 Å². The first-order valence-electron chi connectivity index (χ1n) is 6.18. The highest BCUT2D eigenvalue weighted by Gasteiger charge is 2.14. The van der Waals surface area contributed by atoms with Gasteiger partial charge >= 0.3 is 0 Å². The van der Waals surface area contributed by atoms with E-state index in [4.69, 9.17) is 10.9 Å². The molecule has 2 aromatic carbocycles. The summed E-state index contributed by atoms with van der Waals surface area (Å²) in [5, 5.41) is 20.9. The number of nitrogens with two attached hydrogens (primary N) is 1. The average molecular weight is 285 g/mol. The Balaban J connectivity index is 2.23. The summed E-state index contributed by atoms with van der Waals surface area (Å²) in [6, 6.07) is 12.8. The molecule has 0 bridgehead atoms. The van der Waals surface area contributed by atoms with Crippen LogP contribution in [0.2, 0.25) is 0 Å². The molecule has 0 aliphatic rings. The van der Waals surface area contributed by atoms with Gasteiger partial charge in [0.2, 0.25) is 0 Å². The van der Waals surface area contributed by atoms with Gasteiger partial charge in [0.15, 0.2) is 5.84 Å². The van der Waals surface area contributed by atoms with Crippen LogP contribution in [-0.2, 0) is 0 Å². The van der Waals surface area contributed by atoms with Gasteiger partial charge in [-0.1, -0.05) is 11.2 Å². The molecule has 0 aliphatic carbocycles. The third kappa shape index (κ3) is 3.11. The summed E-state index contributed by atoms with van der Waals surface area (Å²) >= 11 is 0. The summed E-state index contributed by atoms with van der Waals surface area (Å²) in [5.74, 6) is -0.206. The quantitative estimate of drug-likeness (QED) is 0.346. The number of carbonyl (C=O) groups excluding carboxylic acids is 1. The fourth-order valence-electron chi connectivity index (χ4n) is 1.86. The Hall–Kier alpha value is -3.02. The lowest BCUT2D eigenvalue weighted by Gasteiger charge is -2.17. The van der Waals surface area contributed by atoms with Gasteiger partial charge in [-0.05, 0) is 42.5 Å². The van der Waals surface area contributed by atoms with Crippen molar-refractivity contribution in [3.8, 4) is 5.75 Å². The van der Waals surface area contributed by atoms with Crippen molar-refractivity contribution in [3.63, 3.8) is 0 Å². The number of amides is 1. The molecule has 1 amide bonds. The van der Waals surface area contributed by atoms with Crippen LogP contribution in [0.4, 0.5) is 5.69 Å². The van der Waals surface area contributed by atoms with E-state index in [1.165, 1.54) is 17.0 Å². The van der Waals surface area contributed by atoms with E-state index in [2.05, 4.69) is 5.16 Å². The van der Waals surface area contributed by atoms with Crippen molar-refractivity contribution in [1.82, 2.24) is 0 Å². The van der Waals surface area contributed by atoms with Crippen LogP contribution in [-0.4, -0.2) is 29.1 Å². The van der Waals surface area contributed by atoms with Crippen molar-refractivity contribution in [2.75, 3.05) is 11.9 Å². The van der Waals surface area contributed by atoms with E-state index in [-0.39, 0.29) is 17.5 Å². The monoisotopic (exact) mass is 285 g/mol. The number of anilines is 1. The number of amidine groups is 1. The van der Waals surface area contributed by atoms with Gasteiger partial charge in [-0.15, -0.1) is 0 Å². The lowest BCUT2D eigenvalue weighted by Crippen LogP contribution is -2.26. The molecule has 0 heterocycles. The highest BCUT2D eigenvalue weighted by Crippen LogP contribution is 2.18. The number of hydrogen-bond donors (Lipinski definition) is 3. The first kappa shape index (κ1) is 14.4. The highest BCUT2D eigenvalue weighted by molar-refractivity contribution is 6.06. The molecule has 108 valence electrons. The first-order valence-corrected chi connectivity index (χ1v) is 6.18. The number of hydrogen-bond acceptors (Lipinski definition) is 4. The molecule has 0 aliphatic heterocycles. The van der Waals surface area contributed by atoms with Gasteiger partial charge in [0.05, 0.1) is 0 Å². The molecule has 0 radical (unpaired) electrons. The lowest BCUT2D eigenvalue weighted by molar-refractivity contribution is 0.0992. The normalized spacial score (nSPS) is 11.2. The van der Waals surface area contributed by atoms with E-state index in [1.54, 1.807) is 43.4 Å². The minimum absolute atomic E-state index is 0.00325. The molecule has 0 spiro atoms. The van der Waals surface area contributed by atoms with E-state index in [1.807, 2.05) is 0 Å².